The molecule has 102 valence electrons. The van der Waals surface area contributed by atoms with Crippen LogP contribution in [0.4, 0.5) is 0 Å². The maximum atomic E-state index is 5.51. The van der Waals surface area contributed by atoms with E-state index in [0.717, 1.165) is 18.7 Å². The van der Waals surface area contributed by atoms with Crippen LogP contribution >= 0.6 is 15.9 Å². The first kappa shape index (κ1) is 13.9. The summed E-state index contributed by atoms with van der Waals surface area (Å²) in [5.41, 5.74) is 1.29. The van der Waals surface area contributed by atoms with Gasteiger partial charge >= 0.3 is 0 Å². The second kappa shape index (κ2) is 6.60. The molecule has 0 bridgehead atoms. The van der Waals surface area contributed by atoms with Gasteiger partial charge in [0, 0.05) is 17.3 Å². The van der Waals surface area contributed by atoms with Crippen molar-refractivity contribution in [2.75, 3.05) is 7.11 Å². The second-order valence-electron chi connectivity index (χ2n) is 5.08. The fraction of sp³-hybridized carbons (Fsp3) is 0.786. The average Bonchev–Trinajstić information content (AvgIpc) is 2.65. The zero-order valence-electron chi connectivity index (χ0n) is 11.4. The van der Waals surface area contributed by atoms with Gasteiger partial charge in [0.25, 0.3) is 0 Å². The Morgan fingerprint density at radius 2 is 2.17 bits per heavy atom. The number of nitrogens with zero attached hydrogens (tertiary/aromatic N) is 2. The Kier molecular flexibility index (Phi) is 5.10. The van der Waals surface area contributed by atoms with E-state index in [2.05, 4.69) is 32.6 Å². The summed E-state index contributed by atoms with van der Waals surface area (Å²) in [5, 5.41) is 4.49. The van der Waals surface area contributed by atoms with Gasteiger partial charge in [-0.1, -0.05) is 42.1 Å². The van der Waals surface area contributed by atoms with Crippen LogP contribution in [-0.4, -0.2) is 21.7 Å². The molecule has 0 radical (unpaired) electrons. The standard InChI is InChI=1S/C14H23BrN2O/c1-3-9-17-14(13(18-2)10-16-17)11-7-5-4-6-8-12(11)15/h10-12H,3-9H2,1-2H3. The fourth-order valence-electron chi connectivity index (χ4n) is 2.87. The summed E-state index contributed by atoms with van der Waals surface area (Å²) >= 11 is 3.88. The summed E-state index contributed by atoms with van der Waals surface area (Å²) in [6.45, 7) is 3.17. The molecule has 2 rings (SSSR count). The Labute approximate surface area is 118 Å². The summed E-state index contributed by atoms with van der Waals surface area (Å²) in [6.07, 6.45) is 9.46. The van der Waals surface area contributed by atoms with Crippen molar-refractivity contribution in [3.8, 4) is 5.75 Å². The van der Waals surface area contributed by atoms with E-state index >= 15 is 0 Å². The molecule has 3 nitrogen and oxygen atoms in total. The quantitative estimate of drug-likeness (QED) is 0.617. The lowest BCUT2D eigenvalue weighted by molar-refractivity contribution is 0.396. The van der Waals surface area contributed by atoms with E-state index in [1.54, 1.807) is 7.11 Å². The van der Waals surface area contributed by atoms with Crippen LogP contribution in [0.25, 0.3) is 0 Å². The molecular formula is C14H23BrN2O. The summed E-state index contributed by atoms with van der Waals surface area (Å²) in [7, 11) is 1.75. The van der Waals surface area contributed by atoms with Crippen LogP contribution in [0.3, 0.4) is 0 Å². The van der Waals surface area contributed by atoms with Crippen molar-refractivity contribution in [2.24, 2.45) is 0 Å². The Hall–Kier alpha value is -0.510. The van der Waals surface area contributed by atoms with Gasteiger partial charge in [0.15, 0.2) is 5.75 Å². The average molecular weight is 315 g/mol. The van der Waals surface area contributed by atoms with Crippen LogP contribution in [0, 0.1) is 0 Å². The van der Waals surface area contributed by atoms with E-state index < -0.39 is 0 Å². The normalized spacial score (nSPS) is 24.8. The van der Waals surface area contributed by atoms with E-state index in [9.17, 15) is 0 Å². The van der Waals surface area contributed by atoms with Gasteiger partial charge in [0.05, 0.1) is 19.0 Å². The lowest BCUT2D eigenvalue weighted by atomic mass is 9.95. The second-order valence-corrected chi connectivity index (χ2v) is 6.26. The number of halogens is 1. The van der Waals surface area contributed by atoms with Crippen molar-refractivity contribution in [2.45, 2.75) is 62.7 Å². The van der Waals surface area contributed by atoms with Crippen molar-refractivity contribution in [1.82, 2.24) is 9.78 Å². The molecule has 0 spiro atoms. The SMILES string of the molecule is CCCn1ncc(OC)c1C1CCCCCC1Br. The number of ether oxygens (including phenoxy) is 1. The van der Waals surface area contributed by atoms with Crippen LogP contribution in [0.1, 0.15) is 57.1 Å². The van der Waals surface area contributed by atoms with E-state index in [0.29, 0.717) is 10.7 Å². The molecule has 0 aromatic carbocycles. The molecule has 1 fully saturated rings. The maximum absolute atomic E-state index is 5.51. The maximum Gasteiger partial charge on any atom is 0.160 e. The monoisotopic (exact) mass is 314 g/mol. The van der Waals surface area contributed by atoms with Gasteiger partial charge < -0.3 is 4.74 Å². The van der Waals surface area contributed by atoms with Crippen LogP contribution in [-0.2, 0) is 6.54 Å². The molecule has 2 atom stereocenters. The van der Waals surface area contributed by atoms with Crippen molar-refractivity contribution in [3.63, 3.8) is 0 Å². The molecule has 0 amide bonds. The van der Waals surface area contributed by atoms with Crippen molar-refractivity contribution < 1.29 is 4.74 Å². The number of methoxy groups -OCH3 is 1. The number of hydrogen-bond donors (Lipinski definition) is 0. The molecule has 1 aromatic heterocycles. The van der Waals surface area contributed by atoms with Crippen molar-refractivity contribution in [3.05, 3.63) is 11.9 Å². The zero-order valence-corrected chi connectivity index (χ0v) is 12.9. The van der Waals surface area contributed by atoms with Crippen LogP contribution in [0.15, 0.2) is 6.20 Å². The number of aromatic nitrogens is 2. The lowest BCUT2D eigenvalue weighted by Crippen LogP contribution is -2.17. The summed E-state index contributed by atoms with van der Waals surface area (Å²) in [5.74, 6) is 1.50. The first-order chi connectivity index (χ1) is 8.77. The van der Waals surface area contributed by atoms with Crippen LogP contribution in [0.2, 0.25) is 0 Å². The molecule has 1 aliphatic carbocycles. The third-order valence-electron chi connectivity index (χ3n) is 3.78. The van der Waals surface area contributed by atoms with Gasteiger partial charge in [-0.15, -0.1) is 0 Å². The molecule has 4 heteroatoms. The van der Waals surface area contributed by atoms with E-state index in [4.69, 9.17) is 4.74 Å². The minimum Gasteiger partial charge on any atom is -0.493 e. The molecule has 1 saturated carbocycles. The third-order valence-corrected chi connectivity index (χ3v) is 4.88. The van der Waals surface area contributed by atoms with Gasteiger partial charge in [-0.25, -0.2) is 0 Å². The Morgan fingerprint density at radius 3 is 2.89 bits per heavy atom. The molecule has 2 unspecified atom stereocenters. The van der Waals surface area contributed by atoms with E-state index in [-0.39, 0.29) is 0 Å². The Balaban J connectivity index is 2.30. The summed E-state index contributed by atoms with van der Waals surface area (Å²) in [6, 6.07) is 0. The highest BCUT2D eigenvalue weighted by atomic mass is 79.9. The smallest absolute Gasteiger partial charge is 0.160 e. The molecule has 0 aliphatic heterocycles. The molecule has 1 heterocycles. The lowest BCUT2D eigenvalue weighted by Gasteiger charge is -2.22. The third kappa shape index (κ3) is 2.90. The van der Waals surface area contributed by atoms with Crippen molar-refractivity contribution in [1.29, 1.82) is 0 Å². The minimum atomic E-state index is 0.538. The number of rotatable bonds is 4. The van der Waals surface area contributed by atoms with Gasteiger partial charge in [0.1, 0.15) is 0 Å². The molecule has 1 aliphatic rings. The number of alkyl halides is 1. The molecule has 18 heavy (non-hydrogen) atoms. The largest absolute Gasteiger partial charge is 0.493 e. The van der Waals surface area contributed by atoms with Crippen LogP contribution < -0.4 is 4.74 Å². The first-order valence-corrected chi connectivity index (χ1v) is 7.93. The van der Waals surface area contributed by atoms with Crippen molar-refractivity contribution >= 4 is 15.9 Å². The predicted octanol–water partition coefficient (Wildman–Crippen LogP) is 4.11. The Bertz CT molecular complexity index is 378. The van der Waals surface area contributed by atoms with Gasteiger partial charge in [-0.05, 0) is 19.3 Å². The first-order valence-electron chi connectivity index (χ1n) is 7.01. The molecule has 0 saturated heterocycles. The number of hydrogen-bond acceptors (Lipinski definition) is 2. The predicted molar refractivity (Wildman–Crippen MR) is 77.6 cm³/mol. The number of aryl methyl sites for hydroxylation is 1. The highest BCUT2D eigenvalue weighted by molar-refractivity contribution is 9.09. The van der Waals surface area contributed by atoms with Gasteiger partial charge in [-0.2, -0.15) is 5.10 Å². The highest BCUT2D eigenvalue weighted by Crippen LogP contribution is 2.40. The zero-order chi connectivity index (χ0) is 13.0. The van der Waals surface area contributed by atoms with Crippen LogP contribution in [0.5, 0.6) is 5.75 Å². The fourth-order valence-corrected chi connectivity index (χ4v) is 3.71. The van der Waals surface area contributed by atoms with E-state index in [1.807, 2.05) is 6.20 Å². The summed E-state index contributed by atoms with van der Waals surface area (Å²) < 4.78 is 7.65. The van der Waals surface area contributed by atoms with Gasteiger partial charge in [0.2, 0.25) is 0 Å². The van der Waals surface area contributed by atoms with E-state index in [1.165, 1.54) is 37.8 Å². The van der Waals surface area contributed by atoms with Gasteiger partial charge in [-0.3, -0.25) is 4.68 Å². The Morgan fingerprint density at radius 1 is 1.39 bits per heavy atom. The molecule has 0 N–H and O–H groups in total. The summed E-state index contributed by atoms with van der Waals surface area (Å²) in [4.78, 5) is 0.557. The molecule has 1 aromatic rings. The highest BCUT2D eigenvalue weighted by Gasteiger charge is 2.29. The minimum absolute atomic E-state index is 0.538. The topological polar surface area (TPSA) is 27.1 Å². The molecular weight excluding hydrogens is 292 g/mol.